The fraction of sp³-hybridized carbons (Fsp3) is 0.529. The van der Waals surface area contributed by atoms with E-state index >= 15 is 0 Å². The zero-order chi connectivity index (χ0) is 14.8. The molecule has 1 saturated heterocycles. The number of carbonyl (C=O) groups excluding carboxylic acids is 1. The molecule has 2 heterocycles. The van der Waals surface area contributed by atoms with E-state index in [4.69, 9.17) is 0 Å². The van der Waals surface area contributed by atoms with Gasteiger partial charge in [0.05, 0.1) is 0 Å². The average molecular weight is 288 g/mol. The van der Waals surface area contributed by atoms with Crippen LogP contribution in [0.3, 0.4) is 0 Å². The lowest BCUT2D eigenvalue weighted by Gasteiger charge is -2.28. The van der Waals surface area contributed by atoms with E-state index in [1.165, 1.54) is 18.9 Å². The molecule has 21 heavy (non-hydrogen) atoms. The van der Waals surface area contributed by atoms with E-state index in [9.17, 15) is 9.18 Å². The van der Waals surface area contributed by atoms with Gasteiger partial charge in [0.2, 0.25) is 5.78 Å². The Morgan fingerprint density at radius 3 is 2.62 bits per heavy atom. The van der Waals surface area contributed by atoms with Gasteiger partial charge in [-0.3, -0.25) is 4.79 Å². The summed E-state index contributed by atoms with van der Waals surface area (Å²) < 4.78 is 14.0. The second-order valence-corrected chi connectivity index (χ2v) is 6.00. The Morgan fingerprint density at radius 1 is 1.19 bits per heavy atom. The molecule has 3 rings (SSSR count). The smallest absolute Gasteiger partial charge is 0.212 e. The molecule has 0 radical (unpaired) electrons. The van der Waals surface area contributed by atoms with Crippen molar-refractivity contribution in [2.45, 2.75) is 45.4 Å². The molecule has 3 nitrogen and oxygen atoms in total. The number of hydrogen-bond acceptors (Lipinski definition) is 3. The summed E-state index contributed by atoms with van der Waals surface area (Å²) in [6.07, 6.45) is 7.74. The lowest BCUT2D eigenvalue weighted by atomic mass is 9.91. The van der Waals surface area contributed by atoms with E-state index in [0.29, 0.717) is 0 Å². The Bertz CT molecular complexity index is 588. The summed E-state index contributed by atoms with van der Waals surface area (Å²) in [4.78, 5) is 19.1. The highest BCUT2D eigenvalue weighted by atomic mass is 19.1. The number of hydrogen-bond donors (Lipinski definition) is 0. The summed E-state index contributed by atoms with van der Waals surface area (Å²) in [6, 6.07) is 1.39. The number of halogens is 1. The number of carbonyl (C=O) groups is 1. The van der Waals surface area contributed by atoms with E-state index in [-0.39, 0.29) is 11.5 Å². The maximum absolute atomic E-state index is 14.0. The van der Waals surface area contributed by atoms with Gasteiger partial charge in [0.1, 0.15) is 5.69 Å². The van der Waals surface area contributed by atoms with Crippen LogP contribution in [0.25, 0.3) is 0 Å². The molecule has 0 spiro atoms. The van der Waals surface area contributed by atoms with Gasteiger partial charge in [-0.2, -0.15) is 0 Å². The molecule has 1 fully saturated rings. The van der Waals surface area contributed by atoms with Crippen LogP contribution in [0, 0.1) is 12.7 Å². The number of ketones is 1. The standard InChI is InChI=1S/C17H21FN2O/c1-12-10-14(18)16(19-11-12)17(21)13-6-2-3-7-15(13)20-8-4-5-9-20/h10-11H,2-9H2,1H3. The van der Waals surface area contributed by atoms with Crippen molar-refractivity contribution >= 4 is 5.78 Å². The zero-order valence-corrected chi connectivity index (χ0v) is 12.5. The predicted molar refractivity (Wildman–Crippen MR) is 79.6 cm³/mol. The van der Waals surface area contributed by atoms with Gasteiger partial charge in [-0.25, -0.2) is 9.37 Å². The van der Waals surface area contributed by atoms with Crippen molar-refractivity contribution in [3.63, 3.8) is 0 Å². The van der Waals surface area contributed by atoms with Crippen molar-refractivity contribution in [1.82, 2.24) is 9.88 Å². The first kappa shape index (κ1) is 14.2. The molecule has 0 aromatic carbocycles. The number of Topliss-reactive ketones (excluding diaryl/α,β-unsaturated/α-hetero) is 1. The van der Waals surface area contributed by atoms with Crippen LogP contribution >= 0.6 is 0 Å². The van der Waals surface area contributed by atoms with Gasteiger partial charge in [-0.1, -0.05) is 0 Å². The first-order valence-corrected chi connectivity index (χ1v) is 7.80. The van der Waals surface area contributed by atoms with E-state index in [0.717, 1.165) is 55.6 Å². The Kier molecular flexibility index (Phi) is 4.04. The highest BCUT2D eigenvalue weighted by Crippen LogP contribution is 2.31. The van der Waals surface area contributed by atoms with Crippen LogP contribution in [0.15, 0.2) is 23.5 Å². The minimum absolute atomic E-state index is 0.0193. The second kappa shape index (κ2) is 5.96. The van der Waals surface area contributed by atoms with Crippen molar-refractivity contribution in [2.24, 2.45) is 0 Å². The van der Waals surface area contributed by atoms with E-state index in [1.807, 2.05) is 0 Å². The highest BCUT2D eigenvalue weighted by molar-refractivity contribution is 6.08. The number of aromatic nitrogens is 1. The Hall–Kier alpha value is -1.71. The number of nitrogens with zero attached hydrogens (tertiary/aromatic N) is 2. The highest BCUT2D eigenvalue weighted by Gasteiger charge is 2.27. The number of pyridine rings is 1. The topological polar surface area (TPSA) is 33.2 Å². The molecule has 1 aromatic rings. The third kappa shape index (κ3) is 2.85. The van der Waals surface area contributed by atoms with E-state index in [1.54, 1.807) is 13.1 Å². The number of rotatable bonds is 3. The fourth-order valence-corrected chi connectivity index (χ4v) is 3.31. The van der Waals surface area contributed by atoms with E-state index < -0.39 is 5.82 Å². The van der Waals surface area contributed by atoms with Crippen LogP contribution in [0.5, 0.6) is 0 Å². The maximum atomic E-state index is 14.0. The number of likely N-dealkylation sites (tertiary alicyclic amines) is 1. The summed E-state index contributed by atoms with van der Waals surface area (Å²) in [5.41, 5.74) is 2.65. The minimum atomic E-state index is -0.501. The Morgan fingerprint density at radius 2 is 1.90 bits per heavy atom. The summed E-state index contributed by atoms with van der Waals surface area (Å²) in [5.74, 6) is -0.715. The molecule has 0 atom stereocenters. The van der Waals surface area contributed by atoms with Gasteiger partial charge >= 0.3 is 0 Å². The van der Waals surface area contributed by atoms with Gasteiger partial charge in [0.15, 0.2) is 5.82 Å². The molecule has 1 aliphatic carbocycles. The van der Waals surface area contributed by atoms with Gasteiger partial charge in [-0.15, -0.1) is 0 Å². The van der Waals surface area contributed by atoms with Gasteiger partial charge in [0, 0.05) is 30.6 Å². The van der Waals surface area contributed by atoms with E-state index in [2.05, 4.69) is 9.88 Å². The van der Waals surface area contributed by atoms with Crippen LogP contribution < -0.4 is 0 Å². The van der Waals surface area contributed by atoms with Gasteiger partial charge in [-0.05, 0) is 57.1 Å². The summed E-state index contributed by atoms with van der Waals surface area (Å²) in [6.45, 7) is 3.83. The molecule has 0 saturated carbocycles. The first-order chi connectivity index (χ1) is 10.2. The van der Waals surface area contributed by atoms with Crippen molar-refractivity contribution in [3.8, 4) is 0 Å². The molecule has 2 aliphatic rings. The monoisotopic (exact) mass is 288 g/mol. The number of allylic oxidation sites excluding steroid dienone is 2. The average Bonchev–Trinajstić information content (AvgIpc) is 3.01. The molecule has 112 valence electrons. The van der Waals surface area contributed by atoms with Gasteiger partial charge < -0.3 is 4.90 Å². The normalized spacial score (nSPS) is 19.2. The molecule has 0 unspecified atom stereocenters. The van der Waals surface area contributed by atoms with Crippen LogP contribution in [-0.2, 0) is 0 Å². The van der Waals surface area contributed by atoms with Crippen LogP contribution in [0.2, 0.25) is 0 Å². The minimum Gasteiger partial charge on any atom is -0.374 e. The molecule has 0 amide bonds. The molecule has 0 bridgehead atoms. The quantitative estimate of drug-likeness (QED) is 0.796. The lowest BCUT2D eigenvalue weighted by molar-refractivity contribution is 0.101. The fourth-order valence-electron chi connectivity index (χ4n) is 3.31. The SMILES string of the molecule is Cc1cnc(C(=O)C2=C(N3CCCC3)CCCC2)c(F)c1. The predicted octanol–water partition coefficient (Wildman–Crippen LogP) is 3.64. The third-order valence-electron chi connectivity index (χ3n) is 4.39. The molecule has 1 aromatic heterocycles. The van der Waals surface area contributed by atoms with Crippen molar-refractivity contribution < 1.29 is 9.18 Å². The van der Waals surface area contributed by atoms with Crippen molar-refractivity contribution in [1.29, 1.82) is 0 Å². The molecule has 1 aliphatic heterocycles. The van der Waals surface area contributed by atoms with Crippen LogP contribution in [-0.4, -0.2) is 28.8 Å². The van der Waals surface area contributed by atoms with Crippen LogP contribution in [0.1, 0.15) is 54.6 Å². The molecular weight excluding hydrogens is 267 g/mol. The van der Waals surface area contributed by atoms with Gasteiger partial charge in [0.25, 0.3) is 0 Å². The second-order valence-electron chi connectivity index (χ2n) is 6.00. The lowest BCUT2D eigenvalue weighted by Crippen LogP contribution is -2.25. The Labute approximate surface area is 124 Å². The van der Waals surface area contributed by atoms with Crippen molar-refractivity contribution in [2.75, 3.05) is 13.1 Å². The molecule has 4 heteroatoms. The third-order valence-corrected chi connectivity index (χ3v) is 4.39. The first-order valence-electron chi connectivity index (χ1n) is 7.80. The van der Waals surface area contributed by atoms with Crippen LogP contribution in [0.4, 0.5) is 4.39 Å². The Balaban J connectivity index is 1.96. The summed E-state index contributed by atoms with van der Waals surface area (Å²) in [5, 5.41) is 0. The largest absolute Gasteiger partial charge is 0.374 e. The maximum Gasteiger partial charge on any atom is 0.212 e. The summed E-state index contributed by atoms with van der Waals surface area (Å²) >= 11 is 0. The number of aryl methyl sites for hydroxylation is 1. The van der Waals surface area contributed by atoms with Crippen molar-refractivity contribution in [3.05, 3.63) is 40.6 Å². The molecule has 0 N–H and O–H groups in total. The summed E-state index contributed by atoms with van der Waals surface area (Å²) in [7, 11) is 0. The zero-order valence-electron chi connectivity index (χ0n) is 12.5. The molecular formula is C17H21FN2O.